The lowest BCUT2D eigenvalue weighted by molar-refractivity contribution is -0.275. The first kappa shape index (κ1) is 36.3. The van der Waals surface area contributed by atoms with Crippen molar-refractivity contribution in [2.24, 2.45) is 0 Å². The summed E-state index contributed by atoms with van der Waals surface area (Å²) in [5.41, 5.74) is 8.97. The molecule has 0 radical (unpaired) electrons. The Balaban J connectivity index is 1.17. The Morgan fingerprint density at radius 2 is 0.678 bits per heavy atom. The smallest absolute Gasteiger partial charge is 0.189 e. The van der Waals surface area contributed by atoms with Crippen molar-refractivity contribution < 1.29 is 23.8 Å². The standard InChI is InChI=1S/C54H38O5/c55-35-39-23-7-13-29-45(39)53(47-31-15-9-25-41(47)37-19-3-1-4-20-37)49-33-17-11-27-43(49)51(58-53)57-52-44-28-12-18-34-50(44)54(59-52,46-30-14-8-24-40(46)36-56)48-32-16-10-26-42(48)38-21-5-2-6-22-38/h1-36,51-52H. The third kappa shape index (κ3) is 5.82. The summed E-state index contributed by atoms with van der Waals surface area (Å²) in [4.78, 5) is 25.8. The number of hydrogen-bond acceptors (Lipinski definition) is 5. The quantitative estimate of drug-likeness (QED) is 0.130. The zero-order valence-electron chi connectivity index (χ0n) is 32.0. The predicted molar refractivity (Wildman–Crippen MR) is 229 cm³/mol. The van der Waals surface area contributed by atoms with E-state index in [9.17, 15) is 9.59 Å². The average molecular weight is 767 g/mol. The number of ether oxygens (including phenoxy) is 3. The number of fused-ring (bicyclic) bond motifs is 2. The van der Waals surface area contributed by atoms with Gasteiger partial charge >= 0.3 is 0 Å². The van der Waals surface area contributed by atoms with Gasteiger partial charge in [-0.3, -0.25) is 9.59 Å². The van der Waals surface area contributed by atoms with E-state index in [0.29, 0.717) is 22.3 Å². The highest BCUT2D eigenvalue weighted by molar-refractivity contribution is 5.82. The van der Waals surface area contributed by atoms with Crippen LogP contribution in [0, 0.1) is 0 Å². The van der Waals surface area contributed by atoms with Gasteiger partial charge in [-0.15, -0.1) is 0 Å². The lowest BCUT2D eigenvalue weighted by Gasteiger charge is -2.36. The van der Waals surface area contributed by atoms with Gasteiger partial charge in [0.2, 0.25) is 0 Å². The maximum Gasteiger partial charge on any atom is 0.189 e. The van der Waals surface area contributed by atoms with Gasteiger partial charge in [-0.05, 0) is 22.3 Å². The van der Waals surface area contributed by atoms with Crippen LogP contribution in [0.3, 0.4) is 0 Å². The number of carbonyl (C=O) groups excluding carboxylic acids is 2. The molecule has 5 heteroatoms. The number of benzene rings is 8. The number of rotatable bonds is 10. The fourth-order valence-corrected chi connectivity index (χ4v) is 9.22. The molecule has 4 atom stereocenters. The molecule has 0 saturated carbocycles. The van der Waals surface area contributed by atoms with E-state index in [2.05, 4.69) is 60.7 Å². The van der Waals surface area contributed by atoms with E-state index < -0.39 is 23.8 Å². The molecule has 2 aliphatic rings. The molecule has 2 heterocycles. The fraction of sp³-hybridized carbons (Fsp3) is 0.0741. The average Bonchev–Trinajstić information content (AvgIpc) is 3.83. The van der Waals surface area contributed by atoms with Crippen molar-refractivity contribution in [1.29, 1.82) is 0 Å². The second-order valence-electron chi connectivity index (χ2n) is 14.8. The topological polar surface area (TPSA) is 61.8 Å². The van der Waals surface area contributed by atoms with Crippen molar-refractivity contribution in [3.05, 3.63) is 262 Å². The minimum absolute atomic E-state index is 0.510. The predicted octanol–water partition coefficient (Wildman–Crippen LogP) is 12.0. The first-order chi connectivity index (χ1) is 29.2. The van der Waals surface area contributed by atoms with E-state index in [1.165, 1.54) is 0 Å². The van der Waals surface area contributed by atoms with Gasteiger partial charge in [-0.1, -0.05) is 206 Å². The molecule has 0 N–H and O–H groups in total. The lowest BCUT2D eigenvalue weighted by Crippen LogP contribution is -2.32. The molecule has 0 aromatic heterocycles. The zero-order valence-corrected chi connectivity index (χ0v) is 32.0. The third-order valence-corrected chi connectivity index (χ3v) is 11.7. The highest BCUT2D eigenvalue weighted by Gasteiger charge is 2.54. The largest absolute Gasteiger partial charge is 0.327 e. The van der Waals surface area contributed by atoms with Gasteiger partial charge in [0, 0.05) is 55.6 Å². The highest BCUT2D eigenvalue weighted by Crippen LogP contribution is 2.59. The second-order valence-corrected chi connectivity index (χ2v) is 14.8. The Morgan fingerprint density at radius 1 is 0.356 bits per heavy atom. The first-order valence-corrected chi connectivity index (χ1v) is 19.8. The Bertz CT molecular complexity index is 2640. The second kappa shape index (κ2) is 15.1. The first-order valence-electron chi connectivity index (χ1n) is 19.8. The van der Waals surface area contributed by atoms with Crippen LogP contribution >= 0.6 is 0 Å². The van der Waals surface area contributed by atoms with Gasteiger partial charge in [0.05, 0.1) is 0 Å². The normalized spacial score (nSPS) is 20.4. The summed E-state index contributed by atoms with van der Waals surface area (Å²) in [6.45, 7) is 0. The van der Waals surface area contributed by atoms with E-state index in [0.717, 1.165) is 68.2 Å². The summed E-state index contributed by atoms with van der Waals surface area (Å²) in [6.07, 6.45) is -0.118. The van der Waals surface area contributed by atoms with Crippen molar-refractivity contribution in [2.75, 3.05) is 0 Å². The van der Waals surface area contributed by atoms with Gasteiger partial charge < -0.3 is 14.2 Å². The maximum atomic E-state index is 12.9. The van der Waals surface area contributed by atoms with Crippen LogP contribution in [0.15, 0.2) is 206 Å². The Morgan fingerprint density at radius 3 is 1.08 bits per heavy atom. The van der Waals surface area contributed by atoms with Crippen LogP contribution in [0.4, 0.5) is 0 Å². The van der Waals surface area contributed by atoms with E-state index in [1.807, 2.05) is 146 Å². The van der Waals surface area contributed by atoms with Crippen molar-refractivity contribution in [3.8, 4) is 22.3 Å². The van der Waals surface area contributed by atoms with E-state index in [1.54, 1.807) is 0 Å². The van der Waals surface area contributed by atoms with E-state index in [4.69, 9.17) is 14.2 Å². The molecule has 284 valence electrons. The SMILES string of the molecule is O=Cc1ccccc1C1(c2ccccc2-c2ccccc2)OC(OC2OC(c3ccccc3C=O)(c3ccccc3-c3ccccc3)c3ccccc32)c2ccccc21. The molecule has 5 nitrogen and oxygen atoms in total. The summed E-state index contributed by atoms with van der Waals surface area (Å²) in [7, 11) is 0. The molecule has 10 rings (SSSR count). The molecular formula is C54H38O5. The summed E-state index contributed by atoms with van der Waals surface area (Å²) in [6, 6.07) is 68.1. The molecule has 0 aliphatic carbocycles. The van der Waals surface area contributed by atoms with Gasteiger partial charge in [-0.25, -0.2) is 0 Å². The molecule has 0 saturated heterocycles. The minimum Gasteiger partial charge on any atom is -0.327 e. The van der Waals surface area contributed by atoms with Crippen molar-refractivity contribution >= 4 is 12.6 Å². The molecule has 0 fully saturated rings. The van der Waals surface area contributed by atoms with Gasteiger partial charge in [0.15, 0.2) is 12.6 Å². The Kier molecular flexibility index (Phi) is 9.27. The van der Waals surface area contributed by atoms with Crippen molar-refractivity contribution in [1.82, 2.24) is 0 Å². The fourth-order valence-electron chi connectivity index (χ4n) is 9.22. The molecular weight excluding hydrogens is 729 g/mol. The van der Waals surface area contributed by atoms with Crippen LogP contribution in [0.25, 0.3) is 22.3 Å². The summed E-state index contributed by atoms with van der Waals surface area (Å²) in [5.74, 6) is 0. The van der Waals surface area contributed by atoms with Crippen LogP contribution < -0.4 is 0 Å². The van der Waals surface area contributed by atoms with Crippen LogP contribution in [-0.2, 0) is 25.4 Å². The summed E-state index contributed by atoms with van der Waals surface area (Å²) in [5, 5.41) is 0. The summed E-state index contributed by atoms with van der Waals surface area (Å²) >= 11 is 0. The molecule has 4 unspecified atom stereocenters. The van der Waals surface area contributed by atoms with Crippen LogP contribution in [0.5, 0.6) is 0 Å². The molecule has 59 heavy (non-hydrogen) atoms. The summed E-state index contributed by atoms with van der Waals surface area (Å²) < 4.78 is 22.2. The third-order valence-electron chi connectivity index (χ3n) is 11.7. The van der Waals surface area contributed by atoms with Gasteiger partial charge in [-0.2, -0.15) is 0 Å². The Labute approximate surface area is 343 Å². The number of carbonyl (C=O) groups is 2. The Hall–Kier alpha value is -7.02. The molecule has 0 spiro atoms. The van der Waals surface area contributed by atoms with E-state index >= 15 is 0 Å². The molecule has 0 bridgehead atoms. The molecule has 0 amide bonds. The highest BCUT2D eigenvalue weighted by atomic mass is 16.8. The van der Waals surface area contributed by atoms with Crippen LogP contribution in [0.2, 0.25) is 0 Å². The number of aldehydes is 2. The minimum atomic E-state index is -1.26. The molecule has 8 aromatic rings. The monoisotopic (exact) mass is 766 g/mol. The number of hydrogen-bond donors (Lipinski definition) is 0. The van der Waals surface area contributed by atoms with Crippen molar-refractivity contribution in [3.63, 3.8) is 0 Å². The van der Waals surface area contributed by atoms with Crippen molar-refractivity contribution in [2.45, 2.75) is 23.8 Å². The van der Waals surface area contributed by atoms with E-state index in [-0.39, 0.29) is 0 Å². The lowest BCUT2D eigenvalue weighted by atomic mass is 9.75. The molecule has 2 aliphatic heterocycles. The van der Waals surface area contributed by atoms with Crippen LogP contribution in [0.1, 0.15) is 77.8 Å². The van der Waals surface area contributed by atoms with Gasteiger partial charge in [0.1, 0.15) is 23.8 Å². The maximum absolute atomic E-state index is 12.9. The van der Waals surface area contributed by atoms with Gasteiger partial charge in [0.25, 0.3) is 0 Å². The zero-order chi connectivity index (χ0) is 39.8. The molecule has 8 aromatic carbocycles. The van der Waals surface area contributed by atoms with Crippen LogP contribution in [-0.4, -0.2) is 12.6 Å².